The van der Waals surface area contributed by atoms with Gasteiger partial charge in [-0.25, -0.2) is 4.98 Å². The molecule has 0 amide bonds. The number of aromatic nitrogens is 2. The van der Waals surface area contributed by atoms with Crippen molar-refractivity contribution in [3.63, 3.8) is 0 Å². The van der Waals surface area contributed by atoms with Crippen LogP contribution in [0, 0.1) is 5.92 Å². The topological polar surface area (TPSA) is 27.1 Å². The molecule has 24 heavy (non-hydrogen) atoms. The summed E-state index contributed by atoms with van der Waals surface area (Å²) in [5.74, 6) is 2.61. The minimum Gasteiger partial charge on any atom is -0.494 e. The maximum absolute atomic E-state index is 5.89. The Balaban J connectivity index is 1.66. The quantitative estimate of drug-likeness (QED) is 0.540. The van der Waals surface area contributed by atoms with Gasteiger partial charge >= 0.3 is 0 Å². The fraction of sp³-hybridized carbons (Fsp3) is 0.350. The van der Waals surface area contributed by atoms with Gasteiger partial charge in [0.05, 0.1) is 17.6 Å². The van der Waals surface area contributed by atoms with Crippen molar-refractivity contribution in [3.8, 4) is 5.75 Å². The second kappa shape index (κ2) is 7.71. The van der Waals surface area contributed by atoms with E-state index in [0.717, 1.165) is 41.5 Å². The lowest BCUT2D eigenvalue weighted by atomic mass is 10.1. The fourth-order valence-corrected chi connectivity index (χ4v) is 2.97. The molecule has 4 heteroatoms. The first-order valence-electron chi connectivity index (χ1n) is 8.46. The molecule has 0 atom stereocenters. The normalized spacial score (nSPS) is 11.3. The number of hydrogen-bond acceptors (Lipinski definition) is 2. The molecule has 1 heterocycles. The standard InChI is InChI=1S/C20H23ClN2O/c1-15(2)14-20-22-18-6-3-4-7-19(18)23(20)12-5-13-24-17-10-8-16(21)9-11-17/h3-4,6-11,15H,5,12-14H2,1-2H3. The van der Waals surface area contributed by atoms with E-state index in [-0.39, 0.29) is 0 Å². The number of fused-ring (bicyclic) bond motifs is 1. The van der Waals surface area contributed by atoms with Crippen LogP contribution in [-0.4, -0.2) is 16.2 Å². The number of hydrogen-bond donors (Lipinski definition) is 0. The second-order valence-corrected chi connectivity index (χ2v) is 6.86. The van der Waals surface area contributed by atoms with Gasteiger partial charge in [-0.3, -0.25) is 0 Å². The van der Waals surface area contributed by atoms with Crippen LogP contribution < -0.4 is 4.74 Å². The number of aryl methyl sites for hydroxylation is 1. The first-order chi connectivity index (χ1) is 11.6. The Morgan fingerprint density at radius 1 is 1.08 bits per heavy atom. The van der Waals surface area contributed by atoms with Crippen molar-refractivity contribution in [2.45, 2.75) is 33.2 Å². The lowest BCUT2D eigenvalue weighted by Crippen LogP contribution is -2.09. The Kier molecular flexibility index (Phi) is 5.41. The lowest BCUT2D eigenvalue weighted by molar-refractivity contribution is 0.301. The number of rotatable bonds is 7. The molecular formula is C20H23ClN2O. The van der Waals surface area contributed by atoms with Crippen LogP contribution in [0.3, 0.4) is 0 Å². The lowest BCUT2D eigenvalue weighted by Gasteiger charge is -2.11. The Hall–Kier alpha value is -2.00. The van der Waals surface area contributed by atoms with Gasteiger partial charge in [0, 0.05) is 18.0 Å². The first kappa shape index (κ1) is 16.8. The summed E-state index contributed by atoms with van der Waals surface area (Å²) in [5, 5.41) is 0.727. The molecule has 0 aliphatic heterocycles. The molecule has 3 nitrogen and oxygen atoms in total. The van der Waals surface area contributed by atoms with Crippen molar-refractivity contribution in [3.05, 3.63) is 59.4 Å². The third-order valence-electron chi connectivity index (χ3n) is 3.93. The molecule has 3 aromatic rings. The zero-order chi connectivity index (χ0) is 16.9. The monoisotopic (exact) mass is 342 g/mol. The summed E-state index contributed by atoms with van der Waals surface area (Å²) in [6.07, 6.45) is 1.93. The van der Waals surface area contributed by atoms with E-state index in [1.807, 2.05) is 30.3 Å². The Morgan fingerprint density at radius 2 is 1.83 bits per heavy atom. The number of benzene rings is 2. The number of imidazole rings is 1. The molecule has 0 N–H and O–H groups in total. The van der Waals surface area contributed by atoms with Crippen molar-refractivity contribution in [2.24, 2.45) is 5.92 Å². The van der Waals surface area contributed by atoms with Gasteiger partial charge in [-0.2, -0.15) is 0 Å². The highest BCUT2D eigenvalue weighted by atomic mass is 35.5. The van der Waals surface area contributed by atoms with Gasteiger partial charge in [-0.15, -0.1) is 0 Å². The maximum Gasteiger partial charge on any atom is 0.119 e. The molecule has 0 bridgehead atoms. The van der Waals surface area contributed by atoms with Gasteiger partial charge < -0.3 is 9.30 Å². The van der Waals surface area contributed by atoms with Gasteiger partial charge in [0.1, 0.15) is 11.6 Å². The van der Waals surface area contributed by atoms with Crippen molar-refractivity contribution in [2.75, 3.05) is 6.61 Å². The summed E-state index contributed by atoms with van der Waals surface area (Å²) in [4.78, 5) is 4.81. The Bertz CT molecular complexity index is 793. The third kappa shape index (κ3) is 4.09. The largest absolute Gasteiger partial charge is 0.494 e. The fourth-order valence-electron chi connectivity index (χ4n) is 2.84. The first-order valence-corrected chi connectivity index (χ1v) is 8.84. The van der Waals surface area contributed by atoms with E-state index in [1.165, 1.54) is 5.52 Å². The predicted molar refractivity (Wildman–Crippen MR) is 99.8 cm³/mol. The van der Waals surface area contributed by atoms with Crippen LogP contribution in [0.15, 0.2) is 48.5 Å². The molecule has 3 rings (SSSR count). The van der Waals surface area contributed by atoms with E-state index in [2.05, 4.69) is 36.6 Å². The molecule has 0 aliphatic carbocycles. The SMILES string of the molecule is CC(C)Cc1nc2ccccc2n1CCCOc1ccc(Cl)cc1. The third-order valence-corrected chi connectivity index (χ3v) is 4.18. The molecule has 126 valence electrons. The van der Waals surface area contributed by atoms with Crippen LogP contribution >= 0.6 is 11.6 Å². The van der Waals surface area contributed by atoms with E-state index in [9.17, 15) is 0 Å². The minimum atomic E-state index is 0.589. The highest BCUT2D eigenvalue weighted by Crippen LogP contribution is 2.19. The number of halogens is 1. The molecule has 0 unspecified atom stereocenters. The molecule has 0 saturated heterocycles. The average molecular weight is 343 g/mol. The summed E-state index contributed by atoms with van der Waals surface area (Å²) >= 11 is 5.89. The van der Waals surface area contributed by atoms with Crippen molar-refractivity contribution >= 4 is 22.6 Å². The highest BCUT2D eigenvalue weighted by molar-refractivity contribution is 6.30. The number of para-hydroxylation sites is 2. The molecule has 0 aliphatic rings. The van der Waals surface area contributed by atoms with Crippen LogP contribution in [0.5, 0.6) is 5.75 Å². The molecule has 1 aromatic heterocycles. The van der Waals surface area contributed by atoms with Gasteiger partial charge in [0.2, 0.25) is 0 Å². The van der Waals surface area contributed by atoms with Gasteiger partial charge in [0.15, 0.2) is 0 Å². The molecule has 0 radical (unpaired) electrons. The van der Waals surface area contributed by atoms with Crippen molar-refractivity contribution in [1.29, 1.82) is 0 Å². The Labute approximate surface area is 148 Å². The van der Waals surface area contributed by atoms with Crippen LogP contribution in [0.2, 0.25) is 5.02 Å². The second-order valence-electron chi connectivity index (χ2n) is 6.42. The van der Waals surface area contributed by atoms with Crippen LogP contribution in [-0.2, 0) is 13.0 Å². The zero-order valence-electron chi connectivity index (χ0n) is 14.2. The van der Waals surface area contributed by atoms with E-state index in [0.29, 0.717) is 12.5 Å². The smallest absolute Gasteiger partial charge is 0.119 e. The molecule has 0 fully saturated rings. The summed E-state index contributed by atoms with van der Waals surface area (Å²) < 4.78 is 8.13. The molecule has 0 saturated carbocycles. The van der Waals surface area contributed by atoms with Crippen LogP contribution in [0.25, 0.3) is 11.0 Å². The number of nitrogens with zero attached hydrogens (tertiary/aromatic N) is 2. The maximum atomic E-state index is 5.89. The van der Waals surface area contributed by atoms with Crippen molar-refractivity contribution < 1.29 is 4.74 Å². The summed E-state index contributed by atoms with van der Waals surface area (Å²) in [6.45, 7) is 6.05. The van der Waals surface area contributed by atoms with E-state index in [4.69, 9.17) is 21.3 Å². The van der Waals surface area contributed by atoms with E-state index < -0.39 is 0 Å². The van der Waals surface area contributed by atoms with E-state index in [1.54, 1.807) is 0 Å². The van der Waals surface area contributed by atoms with Crippen LogP contribution in [0.1, 0.15) is 26.1 Å². The summed E-state index contributed by atoms with van der Waals surface area (Å²) in [5.41, 5.74) is 2.28. The predicted octanol–water partition coefficient (Wildman–Crippen LogP) is 5.36. The summed E-state index contributed by atoms with van der Waals surface area (Å²) in [6, 6.07) is 15.8. The van der Waals surface area contributed by atoms with E-state index >= 15 is 0 Å². The molecule has 0 spiro atoms. The van der Waals surface area contributed by atoms with Gasteiger partial charge in [0.25, 0.3) is 0 Å². The highest BCUT2D eigenvalue weighted by Gasteiger charge is 2.11. The summed E-state index contributed by atoms with van der Waals surface area (Å²) in [7, 11) is 0. The number of ether oxygens (including phenoxy) is 1. The minimum absolute atomic E-state index is 0.589. The van der Waals surface area contributed by atoms with Gasteiger partial charge in [-0.1, -0.05) is 37.6 Å². The average Bonchev–Trinajstić information content (AvgIpc) is 2.90. The van der Waals surface area contributed by atoms with Crippen LogP contribution in [0.4, 0.5) is 0 Å². The zero-order valence-corrected chi connectivity index (χ0v) is 15.0. The molecular weight excluding hydrogens is 320 g/mol. The van der Waals surface area contributed by atoms with Crippen molar-refractivity contribution in [1.82, 2.24) is 9.55 Å². The Morgan fingerprint density at radius 3 is 2.58 bits per heavy atom. The molecule has 2 aromatic carbocycles. The van der Waals surface area contributed by atoms with Gasteiger partial charge in [-0.05, 0) is 48.7 Å².